The third-order valence-electron chi connectivity index (χ3n) is 11.0. The Morgan fingerprint density at radius 2 is 1.08 bits per heavy atom. The summed E-state index contributed by atoms with van der Waals surface area (Å²) in [4.78, 5) is 6.24. The van der Waals surface area contributed by atoms with Crippen LogP contribution in [0.1, 0.15) is 25.0 Å². The normalized spacial score (nSPS) is 13.1. The van der Waals surface area contributed by atoms with Crippen LogP contribution in [0.5, 0.6) is 0 Å². The van der Waals surface area contributed by atoms with Gasteiger partial charge in [-0.2, -0.15) is 0 Å². The average Bonchev–Trinajstić information content (AvgIpc) is 3.67. The number of nitrogens with one attached hydrogen (secondary N) is 1. The topological polar surface area (TPSA) is 19.0 Å². The molecular formula is C49H36N2. The highest BCUT2D eigenvalue weighted by molar-refractivity contribution is 6.14. The summed E-state index contributed by atoms with van der Waals surface area (Å²) in [5.74, 6) is 0. The molecule has 9 aromatic rings. The molecule has 1 N–H and O–H groups in total. The maximum atomic E-state index is 3.83. The molecule has 0 spiro atoms. The zero-order chi connectivity index (χ0) is 34.1. The predicted octanol–water partition coefficient (Wildman–Crippen LogP) is 13.6. The van der Waals surface area contributed by atoms with Crippen LogP contribution < -0.4 is 4.90 Å². The first-order chi connectivity index (χ1) is 25.0. The molecule has 0 bridgehead atoms. The van der Waals surface area contributed by atoms with E-state index < -0.39 is 0 Å². The summed E-state index contributed by atoms with van der Waals surface area (Å²) >= 11 is 0. The van der Waals surface area contributed by atoms with Crippen LogP contribution >= 0.6 is 0 Å². The first kappa shape index (κ1) is 29.5. The summed E-state index contributed by atoms with van der Waals surface area (Å²) < 4.78 is 0. The third-order valence-corrected chi connectivity index (χ3v) is 11.0. The molecule has 1 aliphatic carbocycles. The molecule has 1 aliphatic rings. The fraction of sp³-hybridized carbons (Fsp3) is 0.0612. The lowest BCUT2D eigenvalue weighted by Crippen LogP contribution is -2.14. The Bertz CT molecular complexity index is 2770. The summed E-state index contributed by atoms with van der Waals surface area (Å²) in [5, 5.41) is 4.89. The van der Waals surface area contributed by atoms with Crippen molar-refractivity contribution in [2.75, 3.05) is 4.90 Å². The van der Waals surface area contributed by atoms with E-state index >= 15 is 0 Å². The van der Waals surface area contributed by atoms with Crippen molar-refractivity contribution in [3.05, 3.63) is 187 Å². The SMILES string of the molecule is CC1(C)c2ccccc2-c2cc(-c3cc(N(c4ccc(-c5ccccc5)cc4)c4ccc5ccccc5c4)cc4c3[nH]c3ccccc34)ccc21. The van der Waals surface area contributed by atoms with Crippen molar-refractivity contribution in [2.24, 2.45) is 0 Å². The van der Waals surface area contributed by atoms with Crippen LogP contribution in [0.15, 0.2) is 176 Å². The van der Waals surface area contributed by atoms with Gasteiger partial charge >= 0.3 is 0 Å². The Balaban J connectivity index is 1.22. The minimum atomic E-state index is -0.0401. The Morgan fingerprint density at radius 3 is 1.94 bits per heavy atom. The summed E-state index contributed by atoms with van der Waals surface area (Å²) in [5.41, 5.74) is 15.8. The number of benzene rings is 8. The fourth-order valence-corrected chi connectivity index (χ4v) is 8.38. The van der Waals surface area contributed by atoms with Crippen molar-refractivity contribution < 1.29 is 0 Å². The highest BCUT2D eigenvalue weighted by Gasteiger charge is 2.35. The minimum Gasteiger partial charge on any atom is -0.354 e. The van der Waals surface area contributed by atoms with Gasteiger partial charge in [0.2, 0.25) is 0 Å². The van der Waals surface area contributed by atoms with E-state index in [1.807, 2.05) is 0 Å². The van der Waals surface area contributed by atoms with Crippen molar-refractivity contribution in [1.82, 2.24) is 4.98 Å². The number of anilines is 3. The van der Waals surface area contributed by atoms with Gasteiger partial charge in [-0.05, 0) is 98.2 Å². The van der Waals surface area contributed by atoms with Gasteiger partial charge in [0, 0.05) is 44.3 Å². The van der Waals surface area contributed by atoms with E-state index in [1.54, 1.807) is 0 Å². The Kier molecular flexibility index (Phi) is 6.56. The number of hydrogen-bond acceptors (Lipinski definition) is 1. The number of H-pyrrole nitrogens is 1. The molecule has 0 radical (unpaired) electrons. The molecule has 2 nitrogen and oxygen atoms in total. The molecule has 0 amide bonds. The van der Waals surface area contributed by atoms with Crippen molar-refractivity contribution in [1.29, 1.82) is 0 Å². The van der Waals surface area contributed by atoms with Crippen LogP contribution in [0.2, 0.25) is 0 Å². The van der Waals surface area contributed by atoms with Crippen LogP contribution in [0.3, 0.4) is 0 Å². The van der Waals surface area contributed by atoms with Gasteiger partial charge in [-0.15, -0.1) is 0 Å². The first-order valence-electron chi connectivity index (χ1n) is 17.8. The highest BCUT2D eigenvalue weighted by atomic mass is 15.1. The molecule has 0 saturated carbocycles. The lowest BCUT2D eigenvalue weighted by atomic mass is 9.82. The fourth-order valence-electron chi connectivity index (χ4n) is 8.38. The van der Waals surface area contributed by atoms with Crippen LogP contribution in [0.4, 0.5) is 17.1 Å². The summed E-state index contributed by atoms with van der Waals surface area (Å²) in [7, 11) is 0. The smallest absolute Gasteiger partial charge is 0.0546 e. The summed E-state index contributed by atoms with van der Waals surface area (Å²) in [6.07, 6.45) is 0. The molecule has 2 heteroatoms. The summed E-state index contributed by atoms with van der Waals surface area (Å²) in [6, 6.07) is 64.4. The number of rotatable bonds is 5. The van der Waals surface area contributed by atoms with Gasteiger partial charge < -0.3 is 9.88 Å². The molecule has 0 atom stereocenters. The first-order valence-corrected chi connectivity index (χ1v) is 17.8. The molecule has 0 fully saturated rings. The third kappa shape index (κ3) is 4.71. The Hall–Kier alpha value is -6.38. The van der Waals surface area contributed by atoms with Gasteiger partial charge in [0.05, 0.1) is 5.52 Å². The van der Waals surface area contributed by atoms with E-state index in [1.165, 1.54) is 66.1 Å². The highest BCUT2D eigenvalue weighted by Crippen LogP contribution is 2.50. The van der Waals surface area contributed by atoms with E-state index in [4.69, 9.17) is 0 Å². The summed E-state index contributed by atoms with van der Waals surface area (Å²) in [6.45, 7) is 4.69. The van der Waals surface area contributed by atoms with E-state index in [0.29, 0.717) is 0 Å². The number of hydrogen-bond donors (Lipinski definition) is 1. The predicted molar refractivity (Wildman–Crippen MR) is 216 cm³/mol. The van der Waals surface area contributed by atoms with Crippen LogP contribution in [-0.2, 0) is 5.41 Å². The van der Waals surface area contributed by atoms with Crippen molar-refractivity contribution in [3.63, 3.8) is 0 Å². The van der Waals surface area contributed by atoms with Crippen LogP contribution in [0, 0.1) is 0 Å². The number of aromatic amines is 1. The Labute approximate surface area is 298 Å². The minimum absolute atomic E-state index is 0.0401. The van der Waals surface area contributed by atoms with E-state index in [-0.39, 0.29) is 5.41 Å². The lowest BCUT2D eigenvalue weighted by molar-refractivity contribution is 0.660. The quantitative estimate of drug-likeness (QED) is 0.196. The number of fused-ring (bicyclic) bond motifs is 7. The molecule has 0 saturated heterocycles. The van der Waals surface area contributed by atoms with Crippen molar-refractivity contribution in [2.45, 2.75) is 19.3 Å². The van der Waals surface area contributed by atoms with Gasteiger partial charge in [-0.25, -0.2) is 0 Å². The monoisotopic (exact) mass is 652 g/mol. The standard InChI is InChI=1S/C49H36N2/c1-49(2)45-18-10-8-16-40(45)43-29-36(23-27-46(43)49)42-30-39(31-44-41-17-9-11-19-47(41)50-48(42)44)51(38-26-22-33-14-6-7-15-35(33)28-38)37-24-20-34(21-25-37)32-12-4-3-5-13-32/h3-31,50H,1-2H3. The van der Waals surface area contributed by atoms with E-state index in [9.17, 15) is 0 Å². The maximum Gasteiger partial charge on any atom is 0.0546 e. The zero-order valence-electron chi connectivity index (χ0n) is 28.7. The van der Waals surface area contributed by atoms with Gasteiger partial charge in [-0.3, -0.25) is 0 Å². The molecule has 242 valence electrons. The molecule has 0 unspecified atom stereocenters. The second kappa shape index (κ2) is 11.3. The maximum absolute atomic E-state index is 3.83. The van der Waals surface area contributed by atoms with Crippen molar-refractivity contribution >= 4 is 49.6 Å². The molecular weight excluding hydrogens is 617 g/mol. The zero-order valence-corrected chi connectivity index (χ0v) is 28.7. The van der Waals surface area contributed by atoms with Gasteiger partial charge in [0.1, 0.15) is 0 Å². The van der Waals surface area contributed by atoms with E-state index in [2.05, 4.69) is 200 Å². The van der Waals surface area contributed by atoms with Gasteiger partial charge in [0.25, 0.3) is 0 Å². The molecule has 0 aliphatic heterocycles. The molecule has 10 rings (SSSR count). The lowest BCUT2D eigenvalue weighted by Gasteiger charge is -2.27. The molecule has 8 aromatic carbocycles. The number of nitrogens with zero attached hydrogens (tertiary/aromatic N) is 1. The number of aromatic nitrogens is 1. The van der Waals surface area contributed by atoms with Gasteiger partial charge in [-0.1, -0.05) is 141 Å². The van der Waals surface area contributed by atoms with Crippen molar-refractivity contribution in [3.8, 4) is 33.4 Å². The Morgan fingerprint density at radius 1 is 0.412 bits per heavy atom. The van der Waals surface area contributed by atoms with E-state index in [0.717, 1.165) is 28.1 Å². The average molecular weight is 653 g/mol. The van der Waals surface area contributed by atoms with Gasteiger partial charge in [0.15, 0.2) is 0 Å². The largest absolute Gasteiger partial charge is 0.354 e. The molecule has 1 heterocycles. The second-order valence-corrected chi connectivity index (χ2v) is 14.3. The molecule has 1 aromatic heterocycles. The van der Waals surface area contributed by atoms with Crippen LogP contribution in [-0.4, -0.2) is 4.98 Å². The number of para-hydroxylation sites is 1. The second-order valence-electron chi connectivity index (χ2n) is 14.3. The van der Waals surface area contributed by atoms with Crippen LogP contribution in [0.25, 0.3) is 66.0 Å². The molecule has 51 heavy (non-hydrogen) atoms.